The summed E-state index contributed by atoms with van der Waals surface area (Å²) in [6, 6.07) is 16.9. The maximum atomic E-state index is 12.0. The highest BCUT2D eigenvalue weighted by atomic mass is 127. The SMILES string of the molecule is C.C.CC.CC(C)(C)ON=O.CC1CC=C(B2OC(C)(C)C(C)(C)O2)CC1.CI.COC(=O)c1sccc1-c1ccncc1Br.COC(=O)c1sccc1-c1ccncc1C1=CCC(C)CC1.COC(=O)c1sccc1-c1ccncc1C1CCC(C)CC1.COC(=O)c1sccc1I.COC(=O)c1sccc1N.ICI.OB(O)c1ccncc1Br. The fourth-order valence-electron chi connectivity index (χ4n) is 11.6. The number of hydrogen-bond acceptors (Lipinski definition) is 27. The minimum Gasteiger partial charge on any atom is -0.465 e. The van der Waals surface area contributed by atoms with Gasteiger partial charge in [-0.15, -0.1) is 61.6 Å². The van der Waals surface area contributed by atoms with Gasteiger partial charge >= 0.3 is 44.1 Å². The number of alkyl halides is 3. The van der Waals surface area contributed by atoms with Gasteiger partial charge in [-0.1, -0.05) is 142 Å². The number of rotatable bonds is 13. The van der Waals surface area contributed by atoms with Crippen LogP contribution < -0.4 is 11.2 Å². The number of anilines is 1. The van der Waals surface area contributed by atoms with Gasteiger partial charge in [0.15, 0.2) is 5.34 Å². The molecule has 10 heterocycles. The molecule has 0 spiro atoms. The van der Waals surface area contributed by atoms with Crippen molar-refractivity contribution in [2.75, 3.05) is 48.6 Å². The first-order chi connectivity index (χ1) is 57.2. The maximum absolute atomic E-state index is 12.0. The van der Waals surface area contributed by atoms with Crippen molar-refractivity contribution in [3.05, 3.63) is 202 Å². The molecule has 122 heavy (non-hydrogen) atoms. The lowest BCUT2D eigenvalue weighted by Gasteiger charge is -2.32. The molecule has 13 rings (SSSR count). The number of pyridine rings is 4. The van der Waals surface area contributed by atoms with Crippen LogP contribution in [0.1, 0.15) is 228 Å². The fraction of sp³-hybridized carbons (Fsp3) is 0.437. The van der Waals surface area contributed by atoms with Crippen molar-refractivity contribution in [2.24, 2.45) is 23.1 Å². The number of carbonyl (C=O) groups is 5. The van der Waals surface area contributed by atoms with E-state index in [2.05, 4.69) is 222 Å². The van der Waals surface area contributed by atoms with Crippen LogP contribution in [0.4, 0.5) is 5.69 Å². The first-order valence-corrected chi connectivity index (χ1v) is 50.3. The quantitative estimate of drug-likeness (QED) is 0.0184. The highest BCUT2D eigenvalue weighted by molar-refractivity contribution is 14.2. The Bertz CT molecular complexity index is 4600. The van der Waals surface area contributed by atoms with Gasteiger partial charge in [0.25, 0.3) is 0 Å². The third-order valence-electron chi connectivity index (χ3n) is 18.6. The zero-order chi connectivity index (χ0) is 89.9. The van der Waals surface area contributed by atoms with Crippen molar-refractivity contribution in [3.8, 4) is 33.4 Å². The molecule has 1 saturated heterocycles. The standard InChI is InChI=1S/C18H21NO2S.C18H19NO2S.C13H23BO2.C11H8BrNO2S.C6H5IO2S.C6H7NO2S.C5H5BBrNO2.C4H9NO2.C2H6.CH2I2.CH3I.2CH4/c2*1-12-3-5-13(6-4-12)16-11-19-9-7-14(16)15-8-10-22-17(15)18(20)21-2;1-10-6-8-11(9-7-10)14-15-12(2,3)13(4,5)16-14;1-15-11(14)10-8(3-5-16-10)7-2-4-13-6-9(7)12;2*1-9-6(8)5-4(7)2-3-10-5;7-5-3-8-2-1-4(5)6(9)10;1-4(2,3)7-5-6;1-2;2-1-3;1-2;;/h7-13H,3-6H2,1-2H3;5,7-12H,3-4,6H2,1-2H3;8,10H,6-7,9H2,1-5H3;2-6H,1H3;2-3H,1H3;2-3H,7H2,1H3;1-3,9-10H;1-3H3;1-2H3;1H2;1H3;2*1H4. The van der Waals surface area contributed by atoms with Crippen LogP contribution in [0.5, 0.6) is 0 Å². The van der Waals surface area contributed by atoms with Crippen LogP contribution in [0.2, 0.25) is 0 Å². The Labute approximate surface area is 814 Å². The van der Waals surface area contributed by atoms with Crippen LogP contribution in [-0.2, 0) is 37.8 Å². The van der Waals surface area contributed by atoms with Crippen LogP contribution in [-0.4, -0.2) is 134 Å². The van der Waals surface area contributed by atoms with E-state index < -0.39 is 12.7 Å². The summed E-state index contributed by atoms with van der Waals surface area (Å²) in [4.78, 5) is 92.2. The Balaban J connectivity index is 0.000000704. The van der Waals surface area contributed by atoms with Gasteiger partial charge in [-0.05, 0) is 298 Å². The van der Waals surface area contributed by atoms with Crippen molar-refractivity contribution in [3.63, 3.8) is 0 Å². The first kappa shape index (κ1) is 115. The van der Waals surface area contributed by atoms with E-state index in [1.54, 1.807) is 50.8 Å². The first-order valence-electron chi connectivity index (χ1n) is 38.0. The van der Waals surface area contributed by atoms with E-state index >= 15 is 0 Å². The number of halogens is 6. The second-order valence-electron chi connectivity index (χ2n) is 28.5. The molecular weight excluding hydrogens is 2230 g/mol. The number of methoxy groups -OCH3 is 5. The van der Waals surface area contributed by atoms with Crippen LogP contribution >= 0.6 is 179 Å². The molecule has 1 aliphatic heterocycles. The van der Waals surface area contributed by atoms with Crippen LogP contribution in [0.15, 0.2) is 163 Å². The number of nitrogens with two attached hydrogens (primary N) is 1. The number of thiophene rings is 5. The monoisotopic (exact) mass is 2350 g/mol. The third-order valence-corrected chi connectivity index (χ3v) is 25.7. The highest BCUT2D eigenvalue weighted by Gasteiger charge is 2.52. The van der Waals surface area contributed by atoms with Gasteiger partial charge in [0, 0.05) is 89.9 Å². The van der Waals surface area contributed by atoms with E-state index in [0.29, 0.717) is 45.9 Å². The van der Waals surface area contributed by atoms with Crippen LogP contribution in [0, 0.1) is 26.2 Å². The molecule has 9 aromatic heterocycles. The summed E-state index contributed by atoms with van der Waals surface area (Å²) < 4.78 is 39.3. The Kier molecular flexibility index (Phi) is 57.2. The van der Waals surface area contributed by atoms with Gasteiger partial charge in [-0.3, -0.25) is 19.9 Å². The molecule has 2 fully saturated rings. The number of esters is 5. The van der Waals surface area contributed by atoms with Gasteiger partial charge in [-0.2, -0.15) is 0 Å². The minimum absolute atomic E-state index is 0. The molecule has 0 bridgehead atoms. The summed E-state index contributed by atoms with van der Waals surface area (Å²) >= 11 is 22.2. The number of nitrogen functional groups attached to an aromatic ring is 1. The van der Waals surface area contributed by atoms with Crippen molar-refractivity contribution in [2.45, 2.75) is 185 Å². The minimum atomic E-state index is -1.43. The number of aromatic nitrogens is 4. The molecule has 2 unspecified atom stereocenters. The zero-order valence-electron chi connectivity index (χ0n) is 70.8. The summed E-state index contributed by atoms with van der Waals surface area (Å²) in [6.07, 6.45) is 30.4. The summed E-state index contributed by atoms with van der Waals surface area (Å²) in [7, 11) is 5.41. The predicted octanol–water partition coefficient (Wildman–Crippen LogP) is 25.8. The summed E-state index contributed by atoms with van der Waals surface area (Å²) in [5, 5.41) is 29.0. The molecule has 4 N–H and O–H groups in total. The van der Waals surface area contributed by atoms with E-state index in [-0.39, 0.29) is 63.0 Å². The van der Waals surface area contributed by atoms with Crippen LogP contribution in [0.3, 0.4) is 0 Å². The molecule has 22 nitrogen and oxygen atoms in total. The second kappa shape index (κ2) is 60.7. The van der Waals surface area contributed by atoms with Crippen LogP contribution in [0.25, 0.3) is 39.0 Å². The lowest BCUT2D eigenvalue weighted by Crippen LogP contribution is -2.41. The average Bonchev–Trinajstić information content (AvgIpc) is 1.62. The number of nitrogens with zero attached hydrogens (tertiary/aromatic N) is 5. The Hall–Kier alpha value is -5.02. The molecule has 2 atom stereocenters. The summed E-state index contributed by atoms with van der Waals surface area (Å²) in [5.41, 5.74) is 16.5. The number of allylic oxidation sites excluding steroid dienone is 4. The summed E-state index contributed by atoms with van der Waals surface area (Å²) in [6.45, 7) is 24.6. The second-order valence-corrected chi connectivity index (χ2v) is 40.3. The molecule has 3 aliphatic carbocycles. The zero-order valence-corrected chi connectivity index (χ0v) is 86.7. The molecule has 0 radical (unpaired) electrons. The average molecular weight is 2350 g/mol. The summed E-state index contributed by atoms with van der Waals surface area (Å²) in [5.74, 6) is 1.46. The van der Waals surface area contributed by atoms with Crippen molar-refractivity contribution >= 4 is 240 Å². The molecule has 9 aromatic rings. The van der Waals surface area contributed by atoms with E-state index in [4.69, 9.17) is 39.3 Å². The Morgan fingerprint density at radius 2 is 0.934 bits per heavy atom. The molecular formula is C87H116B2Br2I4N6O16S5. The highest BCUT2D eigenvalue weighted by Crippen LogP contribution is 2.44. The van der Waals surface area contributed by atoms with Gasteiger partial charge in [0.1, 0.15) is 30.0 Å². The molecule has 4 aliphatic rings. The molecule has 1 saturated carbocycles. The van der Waals surface area contributed by atoms with Crippen molar-refractivity contribution in [1.82, 2.24) is 19.9 Å². The van der Waals surface area contributed by atoms with Crippen molar-refractivity contribution < 1.29 is 71.9 Å². The number of carbonyl (C=O) groups excluding carboxylic acids is 5. The van der Waals surface area contributed by atoms with Crippen molar-refractivity contribution in [1.29, 1.82) is 0 Å². The van der Waals surface area contributed by atoms with E-state index in [0.717, 1.165) is 84.0 Å². The fourth-order valence-corrected chi connectivity index (χ4v) is 17.4. The lowest BCUT2D eigenvalue weighted by atomic mass is 9.71. The lowest BCUT2D eigenvalue weighted by molar-refractivity contribution is -0.00232. The predicted molar refractivity (Wildman–Crippen MR) is 547 cm³/mol. The Morgan fingerprint density at radius 3 is 1.33 bits per heavy atom. The number of hydrogen-bond donors (Lipinski definition) is 3. The molecule has 0 aromatic carbocycles. The van der Waals surface area contributed by atoms with E-state index in [1.807, 2.05) is 101 Å². The number of ether oxygens (including phenoxy) is 5. The van der Waals surface area contributed by atoms with Gasteiger partial charge in [0.05, 0.1) is 54.9 Å². The normalized spacial score (nSPS) is 15.9. The largest absolute Gasteiger partial charge is 0.490 e. The van der Waals surface area contributed by atoms with Gasteiger partial charge in [-0.25, -0.2) is 24.0 Å². The van der Waals surface area contributed by atoms with Gasteiger partial charge in [0.2, 0.25) is 0 Å². The molecule has 0 amide bonds. The topological polar surface area (TPSA) is 307 Å². The molecule has 35 heteroatoms. The van der Waals surface area contributed by atoms with Gasteiger partial charge < -0.3 is 53.6 Å². The molecule has 668 valence electrons. The van der Waals surface area contributed by atoms with E-state index in [1.165, 1.54) is 175 Å². The Morgan fingerprint density at radius 1 is 0.541 bits per heavy atom. The smallest absolute Gasteiger partial charge is 0.465 e. The maximum Gasteiger partial charge on any atom is 0.490 e. The third kappa shape index (κ3) is 37.4. The van der Waals surface area contributed by atoms with E-state index in [9.17, 15) is 28.9 Å².